The van der Waals surface area contributed by atoms with Crippen LogP contribution in [0.1, 0.15) is 0 Å². The minimum absolute atomic E-state index is 0.367. The maximum absolute atomic E-state index is 13.2. The van der Waals surface area contributed by atoms with Gasteiger partial charge in [0.25, 0.3) is 10.2 Å². The van der Waals surface area contributed by atoms with Gasteiger partial charge in [-0.2, -0.15) is 8.42 Å². The number of sulfonamides is 1. The van der Waals surface area contributed by atoms with E-state index in [1.807, 2.05) is 0 Å². The highest BCUT2D eigenvalue weighted by molar-refractivity contribution is 7.90. The number of hydrogen-bond donors (Lipinski definition) is 3. The molecule has 0 radical (unpaired) electrons. The van der Waals surface area contributed by atoms with Crippen molar-refractivity contribution < 1.29 is 25.6 Å². The van der Waals surface area contributed by atoms with Crippen molar-refractivity contribution in [3.8, 4) is 0 Å². The molecular weight excluding hydrogens is 280 g/mol. The number of halogens is 2. The van der Waals surface area contributed by atoms with Crippen LogP contribution in [0.2, 0.25) is 0 Å². The molecule has 0 amide bonds. The smallest absolute Gasteiger partial charge is 0.265 e. The van der Waals surface area contributed by atoms with Gasteiger partial charge >= 0.3 is 0 Å². The summed E-state index contributed by atoms with van der Waals surface area (Å²) < 4.78 is 70.6. The van der Waals surface area contributed by atoms with Crippen LogP contribution < -0.4 is 15.0 Å². The highest BCUT2D eigenvalue weighted by Crippen LogP contribution is 2.23. The molecule has 11 heteroatoms. The SMILES string of the molecule is NS(=O)(=O)Nc1c(F)cc(S(N)(=O)=O)cc1F. The van der Waals surface area contributed by atoms with Crippen molar-refractivity contribution in [2.75, 3.05) is 4.72 Å². The number of benzene rings is 1. The fourth-order valence-electron chi connectivity index (χ4n) is 0.954. The zero-order chi connectivity index (χ0) is 13.4. The zero-order valence-corrected chi connectivity index (χ0v) is 9.65. The third-order valence-corrected chi connectivity index (χ3v) is 2.97. The number of anilines is 1. The summed E-state index contributed by atoms with van der Waals surface area (Å²) in [5.41, 5.74) is -1.08. The third kappa shape index (κ3) is 3.59. The first kappa shape index (κ1) is 13.8. The van der Waals surface area contributed by atoms with Crippen molar-refractivity contribution in [3.05, 3.63) is 23.8 Å². The average molecular weight is 287 g/mol. The fraction of sp³-hybridized carbons (Fsp3) is 0. The lowest BCUT2D eigenvalue weighted by molar-refractivity contribution is 0.571. The second kappa shape index (κ2) is 4.18. The summed E-state index contributed by atoms with van der Waals surface area (Å²) in [5.74, 6) is -2.91. The number of primary sulfonamides is 1. The van der Waals surface area contributed by atoms with Crippen LogP contribution >= 0.6 is 0 Å². The van der Waals surface area contributed by atoms with Crippen LogP contribution in [0.5, 0.6) is 0 Å². The van der Waals surface area contributed by atoms with Gasteiger partial charge in [0.2, 0.25) is 10.0 Å². The molecule has 0 heterocycles. The fourth-order valence-corrected chi connectivity index (χ4v) is 1.97. The van der Waals surface area contributed by atoms with Crippen molar-refractivity contribution in [1.29, 1.82) is 0 Å². The minimum Gasteiger partial charge on any atom is -0.265 e. The molecule has 0 aliphatic rings. The maximum Gasteiger partial charge on any atom is 0.296 e. The van der Waals surface area contributed by atoms with E-state index in [2.05, 4.69) is 10.3 Å². The Morgan fingerprint density at radius 1 is 1.00 bits per heavy atom. The first-order valence-electron chi connectivity index (χ1n) is 3.83. The lowest BCUT2D eigenvalue weighted by Crippen LogP contribution is -2.23. The van der Waals surface area contributed by atoms with E-state index in [-0.39, 0.29) is 0 Å². The predicted octanol–water partition coefficient (Wildman–Crippen LogP) is -0.772. The number of nitrogens with two attached hydrogens (primary N) is 2. The largest absolute Gasteiger partial charge is 0.296 e. The molecule has 5 N–H and O–H groups in total. The second-order valence-corrected chi connectivity index (χ2v) is 5.81. The Hall–Kier alpha value is -1.30. The van der Waals surface area contributed by atoms with E-state index >= 15 is 0 Å². The topological polar surface area (TPSA) is 132 Å². The molecule has 0 spiro atoms. The predicted molar refractivity (Wildman–Crippen MR) is 54.5 cm³/mol. The summed E-state index contributed by atoms with van der Waals surface area (Å²) >= 11 is 0. The van der Waals surface area contributed by atoms with Crippen molar-refractivity contribution >= 4 is 25.9 Å². The summed E-state index contributed by atoms with van der Waals surface area (Å²) in [6, 6.07) is 0.734. The van der Waals surface area contributed by atoms with Crippen molar-refractivity contribution in [2.24, 2.45) is 10.3 Å². The lowest BCUT2D eigenvalue weighted by Gasteiger charge is -2.07. The van der Waals surface area contributed by atoms with Crippen LogP contribution in [0, 0.1) is 11.6 Å². The Bertz CT molecular complexity index is 633. The van der Waals surface area contributed by atoms with E-state index < -0.39 is 42.4 Å². The Morgan fingerprint density at radius 3 is 1.71 bits per heavy atom. The summed E-state index contributed by atoms with van der Waals surface area (Å²) in [7, 11) is -8.68. The van der Waals surface area contributed by atoms with Gasteiger partial charge in [-0.1, -0.05) is 0 Å². The monoisotopic (exact) mass is 287 g/mol. The molecule has 1 rings (SSSR count). The van der Waals surface area contributed by atoms with Gasteiger partial charge in [-0.25, -0.2) is 27.5 Å². The molecule has 0 aliphatic heterocycles. The molecule has 96 valence electrons. The molecule has 0 bridgehead atoms. The molecule has 0 atom stereocenters. The van der Waals surface area contributed by atoms with Crippen LogP contribution in [-0.2, 0) is 20.2 Å². The molecule has 7 nitrogen and oxygen atoms in total. The third-order valence-electron chi connectivity index (χ3n) is 1.59. The van der Waals surface area contributed by atoms with Gasteiger partial charge in [0.15, 0.2) is 11.6 Å². The maximum atomic E-state index is 13.2. The quantitative estimate of drug-likeness (QED) is 0.673. The Balaban J connectivity index is 3.40. The van der Waals surface area contributed by atoms with Crippen molar-refractivity contribution in [1.82, 2.24) is 0 Å². The van der Waals surface area contributed by atoms with E-state index in [0.29, 0.717) is 12.1 Å². The highest BCUT2D eigenvalue weighted by atomic mass is 32.2. The van der Waals surface area contributed by atoms with Crippen LogP contribution in [0.3, 0.4) is 0 Å². The molecule has 0 aliphatic carbocycles. The highest BCUT2D eigenvalue weighted by Gasteiger charge is 2.19. The van der Waals surface area contributed by atoms with Gasteiger partial charge in [-0.3, -0.25) is 4.72 Å². The first-order valence-corrected chi connectivity index (χ1v) is 6.92. The average Bonchev–Trinajstić information content (AvgIpc) is 2.07. The van der Waals surface area contributed by atoms with Gasteiger partial charge in [0, 0.05) is 0 Å². The van der Waals surface area contributed by atoms with Gasteiger partial charge in [0.1, 0.15) is 5.69 Å². The molecule has 0 saturated carbocycles. The molecule has 0 aromatic heterocycles. The van der Waals surface area contributed by atoms with Crippen molar-refractivity contribution in [2.45, 2.75) is 4.90 Å². The molecule has 1 aromatic rings. The zero-order valence-electron chi connectivity index (χ0n) is 8.01. The summed E-state index contributed by atoms with van der Waals surface area (Å²) in [5, 5.41) is 9.16. The Labute approximate surface area is 95.6 Å². The molecule has 0 unspecified atom stereocenters. The minimum atomic E-state index is -4.38. The van der Waals surface area contributed by atoms with Crippen LogP contribution in [0.25, 0.3) is 0 Å². The van der Waals surface area contributed by atoms with Crippen LogP contribution in [0.4, 0.5) is 14.5 Å². The van der Waals surface area contributed by atoms with E-state index in [9.17, 15) is 25.6 Å². The van der Waals surface area contributed by atoms with Gasteiger partial charge in [-0.15, -0.1) is 0 Å². The molecule has 0 saturated heterocycles. The van der Waals surface area contributed by atoms with E-state index in [1.165, 1.54) is 4.72 Å². The van der Waals surface area contributed by atoms with Gasteiger partial charge in [-0.05, 0) is 12.1 Å². The number of nitrogens with one attached hydrogen (secondary N) is 1. The van der Waals surface area contributed by atoms with Crippen LogP contribution in [-0.4, -0.2) is 16.8 Å². The first-order chi connectivity index (χ1) is 7.50. The van der Waals surface area contributed by atoms with E-state index in [4.69, 9.17) is 0 Å². The standard InChI is InChI=1S/C6H7F2N3O4S2/c7-4-1-3(16(9,12)13)2-5(8)6(4)11-17(10,14)15/h1-2,11H,(H2,9,12,13)(H2,10,14,15). The Kier molecular flexibility index (Phi) is 3.38. The molecule has 1 aromatic carbocycles. The van der Waals surface area contributed by atoms with Crippen molar-refractivity contribution in [3.63, 3.8) is 0 Å². The number of hydrogen-bond acceptors (Lipinski definition) is 4. The molecule has 17 heavy (non-hydrogen) atoms. The Morgan fingerprint density at radius 2 is 1.41 bits per heavy atom. The molecular formula is C6H7F2N3O4S2. The molecule has 0 fully saturated rings. The lowest BCUT2D eigenvalue weighted by atomic mass is 10.3. The van der Waals surface area contributed by atoms with Gasteiger partial charge in [0.05, 0.1) is 4.90 Å². The van der Waals surface area contributed by atoms with Gasteiger partial charge < -0.3 is 0 Å². The normalized spacial score (nSPS) is 12.5. The number of rotatable bonds is 3. The summed E-state index contributed by atoms with van der Waals surface area (Å²) in [6.07, 6.45) is 0. The van der Waals surface area contributed by atoms with E-state index in [0.717, 1.165) is 0 Å². The summed E-state index contributed by atoms with van der Waals surface area (Å²) in [6.45, 7) is 0. The second-order valence-electron chi connectivity index (χ2n) is 2.95. The summed E-state index contributed by atoms with van der Waals surface area (Å²) in [4.78, 5) is -0.826. The van der Waals surface area contributed by atoms with Crippen LogP contribution in [0.15, 0.2) is 17.0 Å². The van der Waals surface area contributed by atoms with E-state index in [1.54, 1.807) is 0 Å².